The molecule has 0 saturated carbocycles. The van der Waals surface area contributed by atoms with Crippen LogP contribution in [0.1, 0.15) is 25.8 Å². The smallest absolute Gasteiger partial charge is 0.258 e. The number of nitrogens with one attached hydrogen (secondary N) is 2. The molecule has 0 aromatic heterocycles. The molecular weight excluding hydrogens is 371 g/mol. The molecule has 0 aliphatic heterocycles. The van der Waals surface area contributed by atoms with Crippen LogP contribution in [0.15, 0.2) is 53.4 Å². The Bertz CT molecular complexity index is 852. The fraction of sp³-hybridized carbons (Fsp3) is 0.316. The lowest BCUT2D eigenvalue weighted by molar-refractivity contribution is -0.123. The zero-order valence-electron chi connectivity index (χ0n) is 15.2. The first-order chi connectivity index (χ1) is 12.8. The van der Waals surface area contributed by atoms with Crippen LogP contribution in [0.5, 0.6) is 5.75 Å². The third-order valence-corrected chi connectivity index (χ3v) is 5.48. The first-order valence-electron chi connectivity index (χ1n) is 8.56. The number of benzene rings is 2. The van der Waals surface area contributed by atoms with Crippen molar-refractivity contribution in [1.29, 1.82) is 0 Å². The van der Waals surface area contributed by atoms with Crippen molar-refractivity contribution < 1.29 is 22.3 Å². The fourth-order valence-corrected chi connectivity index (χ4v) is 3.46. The second-order valence-corrected chi connectivity index (χ2v) is 7.81. The molecule has 2 aromatic rings. The quantitative estimate of drug-likeness (QED) is 0.685. The van der Waals surface area contributed by atoms with E-state index in [1.165, 1.54) is 36.4 Å². The maximum absolute atomic E-state index is 12.8. The highest BCUT2D eigenvalue weighted by Crippen LogP contribution is 2.16. The third-order valence-electron chi connectivity index (χ3n) is 3.88. The SMILES string of the molecule is CCC(C)NS(=O)(=O)c1ccc(OCC(=O)NCc2ccc(F)cc2)cc1. The molecule has 0 aliphatic rings. The van der Waals surface area contributed by atoms with Crippen LogP contribution in [-0.4, -0.2) is 27.0 Å². The summed E-state index contributed by atoms with van der Waals surface area (Å²) in [5.41, 5.74) is 0.771. The number of rotatable bonds is 9. The van der Waals surface area contributed by atoms with Gasteiger partial charge in [-0.2, -0.15) is 0 Å². The van der Waals surface area contributed by atoms with Gasteiger partial charge in [-0.3, -0.25) is 4.79 Å². The van der Waals surface area contributed by atoms with Gasteiger partial charge in [0, 0.05) is 12.6 Å². The number of amides is 1. The number of carbonyl (C=O) groups is 1. The Balaban J connectivity index is 1.83. The van der Waals surface area contributed by atoms with Crippen LogP contribution in [0.25, 0.3) is 0 Å². The lowest BCUT2D eigenvalue weighted by Gasteiger charge is -2.12. The Labute approximate surface area is 158 Å². The molecule has 2 aromatic carbocycles. The summed E-state index contributed by atoms with van der Waals surface area (Å²) >= 11 is 0. The molecule has 27 heavy (non-hydrogen) atoms. The highest BCUT2D eigenvalue weighted by molar-refractivity contribution is 7.89. The Morgan fingerprint density at radius 2 is 1.74 bits per heavy atom. The van der Waals surface area contributed by atoms with Gasteiger partial charge < -0.3 is 10.1 Å². The minimum absolute atomic E-state index is 0.135. The highest BCUT2D eigenvalue weighted by Gasteiger charge is 2.16. The van der Waals surface area contributed by atoms with Gasteiger partial charge in [-0.05, 0) is 55.3 Å². The highest BCUT2D eigenvalue weighted by atomic mass is 32.2. The number of hydrogen-bond acceptors (Lipinski definition) is 4. The van der Waals surface area contributed by atoms with Gasteiger partial charge in [0.1, 0.15) is 11.6 Å². The predicted octanol–water partition coefficient (Wildman–Crippen LogP) is 2.60. The van der Waals surface area contributed by atoms with Gasteiger partial charge in [0.25, 0.3) is 5.91 Å². The minimum atomic E-state index is -3.57. The fourth-order valence-electron chi connectivity index (χ4n) is 2.13. The van der Waals surface area contributed by atoms with Crippen molar-refractivity contribution in [1.82, 2.24) is 10.0 Å². The van der Waals surface area contributed by atoms with E-state index in [9.17, 15) is 17.6 Å². The van der Waals surface area contributed by atoms with Crippen molar-refractivity contribution in [2.24, 2.45) is 0 Å². The average molecular weight is 394 g/mol. The Morgan fingerprint density at radius 3 is 2.33 bits per heavy atom. The van der Waals surface area contributed by atoms with Gasteiger partial charge in [-0.15, -0.1) is 0 Å². The summed E-state index contributed by atoms with van der Waals surface area (Å²) in [5, 5.41) is 2.66. The number of halogens is 1. The van der Waals surface area contributed by atoms with Crippen molar-refractivity contribution in [3.63, 3.8) is 0 Å². The van der Waals surface area contributed by atoms with Crippen molar-refractivity contribution in [2.45, 2.75) is 37.8 Å². The van der Waals surface area contributed by atoms with Crippen LogP contribution in [0.2, 0.25) is 0 Å². The maximum atomic E-state index is 12.8. The van der Waals surface area contributed by atoms with Crippen LogP contribution in [0, 0.1) is 5.82 Å². The van der Waals surface area contributed by atoms with Gasteiger partial charge in [-0.25, -0.2) is 17.5 Å². The first-order valence-corrected chi connectivity index (χ1v) is 10.0. The molecule has 0 aliphatic carbocycles. The molecule has 2 N–H and O–H groups in total. The second-order valence-electron chi connectivity index (χ2n) is 6.09. The van der Waals surface area contributed by atoms with Crippen LogP contribution in [0.4, 0.5) is 4.39 Å². The van der Waals surface area contributed by atoms with Crippen LogP contribution >= 0.6 is 0 Å². The number of carbonyl (C=O) groups excluding carboxylic acids is 1. The average Bonchev–Trinajstić information content (AvgIpc) is 2.65. The topological polar surface area (TPSA) is 84.5 Å². The van der Waals surface area contributed by atoms with Gasteiger partial charge in [-0.1, -0.05) is 19.1 Å². The van der Waals surface area contributed by atoms with Crippen molar-refractivity contribution in [3.8, 4) is 5.75 Å². The Morgan fingerprint density at radius 1 is 1.11 bits per heavy atom. The standard InChI is InChI=1S/C19H23FN2O4S/c1-3-14(2)22-27(24,25)18-10-8-17(9-11-18)26-13-19(23)21-12-15-4-6-16(20)7-5-15/h4-11,14,22H,3,12-13H2,1-2H3,(H,21,23). The van der Waals surface area contributed by atoms with Gasteiger partial charge in [0.2, 0.25) is 10.0 Å². The molecule has 0 radical (unpaired) electrons. The molecular formula is C19H23FN2O4S. The van der Waals surface area contributed by atoms with E-state index in [1.54, 1.807) is 19.1 Å². The maximum Gasteiger partial charge on any atom is 0.258 e. The van der Waals surface area contributed by atoms with E-state index >= 15 is 0 Å². The second kappa shape index (κ2) is 9.48. The zero-order valence-corrected chi connectivity index (χ0v) is 16.1. The van der Waals surface area contributed by atoms with E-state index < -0.39 is 10.0 Å². The van der Waals surface area contributed by atoms with Gasteiger partial charge in [0.05, 0.1) is 4.90 Å². The molecule has 0 bridgehead atoms. The monoisotopic (exact) mass is 394 g/mol. The summed E-state index contributed by atoms with van der Waals surface area (Å²) in [7, 11) is -3.57. The van der Waals surface area contributed by atoms with E-state index in [2.05, 4.69) is 10.0 Å². The van der Waals surface area contributed by atoms with Crippen LogP contribution in [-0.2, 0) is 21.4 Å². The van der Waals surface area contributed by atoms with E-state index in [4.69, 9.17) is 4.74 Å². The normalized spacial score (nSPS) is 12.4. The zero-order chi connectivity index (χ0) is 19.9. The van der Waals surface area contributed by atoms with Crippen LogP contribution < -0.4 is 14.8 Å². The summed E-state index contributed by atoms with van der Waals surface area (Å²) < 4.78 is 45.1. The van der Waals surface area contributed by atoms with E-state index in [0.29, 0.717) is 12.2 Å². The lowest BCUT2D eigenvalue weighted by atomic mass is 10.2. The number of ether oxygens (including phenoxy) is 1. The molecule has 1 unspecified atom stereocenters. The number of sulfonamides is 1. The summed E-state index contributed by atoms with van der Waals surface area (Å²) in [6.07, 6.45) is 0.688. The van der Waals surface area contributed by atoms with Crippen molar-refractivity contribution in [2.75, 3.05) is 6.61 Å². The van der Waals surface area contributed by atoms with Gasteiger partial charge in [0.15, 0.2) is 6.61 Å². The van der Waals surface area contributed by atoms with Gasteiger partial charge >= 0.3 is 0 Å². The molecule has 0 saturated heterocycles. The molecule has 0 fully saturated rings. The van der Waals surface area contributed by atoms with Crippen molar-refractivity contribution in [3.05, 3.63) is 59.9 Å². The molecule has 1 amide bonds. The molecule has 6 nitrogen and oxygen atoms in total. The Kier molecular flexibility index (Phi) is 7.32. The summed E-state index contributed by atoms with van der Waals surface area (Å²) in [4.78, 5) is 12.0. The largest absolute Gasteiger partial charge is 0.484 e. The molecule has 8 heteroatoms. The van der Waals surface area contributed by atoms with E-state index in [1.807, 2.05) is 6.92 Å². The summed E-state index contributed by atoms with van der Waals surface area (Å²) in [6, 6.07) is 11.5. The molecule has 2 rings (SSSR count). The lowest BCUT2D eigenvalue weighted by Crippen LogP contribution is -2.32. The molecule has 146 valence electrons. The predicted molar refractivity (Wildman–Crippen MR) is 100 cm³/mol. The van der Waals surface area contributed by atoms with E-state index in [0.717, 1.165) is 5.56 Å². The molecule has 1 atom stereocenters. The van der Waals surface area contributed by atoms with Crippen LogP contribution in [0.3, 0.4) is 0 Å². The summed E-state index contributed by atoms with van der Waals surface area (Å²) in [5.74, 6) is -0.290. The first kappa shape index (κ1) is 20.9. The Hall–Kier alpha value is -2.45. The number of hydrogen-bond donors (Lipinski definition) is 2. The summed E-state index contributed by atoms with van der Waals surface area (Å²) in [6.45, 7) is 3.74. The minimum Gasteiger partial charge on any atom is -0.484 e. The van der Waals surface area contributed by atoms with Crippen molar-refractivity contribution >= 4 is 15.9 Å². The molecule has 0 heterocycles. The molecule has 0 spiro atoms. The third kappa shape index (κ3) is 6.65. The van der Waals surface area contributed by atoms with E-state index in [-0.39, 0.29) is 35.8 Å².